The number of aromatic nitrogens is 3. The molecule has 0 aliphatic rings. The predicted octanol–water partition coefficient (Wildman–Crippen LogP) is 4.18. The molecule has 0 atom stereocenters. The van der Waals surface area contributed by atoms with Crippen molar-refractivity contribution in [1.29, 1.82) is 5.26 Å². The van der Waals surface area contributed by atoms with E-state index in [1.165, 1.54) is 16.7 Å². The van der Waals surface area contributed by atoms with Gasteiger partial charge in [0.1, 0.15) is 17.5 Å². The van der Waals surface area contributed by atoms with Crippen LogP contribution in [0.5, 0.6) is 0 Å². The number of benzene rings is 1. The second kappa shape index (κ2) is 8.20. The quantitative estimate of drug-likeness (QED) is 0.493. The van der Waals surface area contributed by atoms with Crippen LogP contribution in [-0.4, -0.2) is 35.3 Å². The van der Waals surface area contributed by atoms with Crippen molar-refractivity contribution in [2.24, 2.45) is 0 Å². The lowest BCUT2D eigenvalue weighted by atomic mass is 10.0. The van der Waals surface area contributed by atoms with Crippen molar-refractivity contribution in [2.75, 3.05) is 25.3 Å². The summed E-state index contributed by atoms with van der Waals surface area (Å²) in [5.41, 5.74) is -0.468. The Labute approximate surface area is 174 Å². The maximum Gasteiger partial charge on any atom is 0.416 e. The monoisotopic (exact) mass is 431 g/mol. The van der Waals surface area contributed by atoms with Gasteiger partial charge in [0.25, 0.3) is 5.56 Å². The van der Waals surface area contributed by atoms with Crippen LogP contribution in [0.3, 0.4) is 0 Å². The third kappa shape index (κ3) is 4.31. The van der Waals surface area contributed by atoms with Crippen molar-refractivity contribution in [3.05, 3.63) is 57.9 Å². The molecule has 0 saturated heterocycles. The normalized spacial score (nSPS) is 11.2. The van der Waals surface area contributed by atoms with Gasteiger partial charge in [-0.3, -0.25) is 4.79 Å². The number of thioether (sulfide) groups is 1. The summed E-state index contributed by atoms with van der Waals surface area (Å²) < 4.78 is 40.1. The van der Waals surface area contributed by atoms with Crippen molar-refractivity contribution in [2.45, 2.75) is 11.3 Å². The first-order valence-corrected chi connectivity index (χ1v) is 9.82. The van der Waals surface area contributed by atoms with Crippen molar-refractivity contribution < 1.29 is 13.2 Å². The molecule has 2 aromatic heterocycles. The van der Waals surface area contributed by atoms with Crippen LogP contribution >= 0.6 is 11.8 Å². The topological polar surface area (TPSA) is 85.7 Å². The predicted molar refractivity (Wildman–Crippen MR) is 109 cm³/mol. The van der Waals surface area contributed by atoms with Crippen molar-refractivity contribution >= 4 is 17.6 Å². The average molecular weight is 431 g/mol. The largest absolute Gasteiger partial charge is 0.416 e. The molecule has 0 aliphatic carbocycles. The average Bonchev–Trinajstić information content (AvgIpc) is 2.72. The fraction of sp³-hybridized carbons (Fsp3) is 0.200. The summed E-state index contributed by atoms with van der Waals surface area (Å²) in [5, 5.41) is 9.70. The zero-order valence-electron chi connectivity index (χ0n) is 16.2. The standard InChI is InChI=1S/C20H16F3N5OS/c1-28(2)16-9-13(20(21,22)23)8-15(25-16)11-5-4-6-12(7-11)17-14(10-24)18(29)27-19(26-17)30-3/h4-9H,1-3H3,(H,26,27,29). The second-order valence-corrected chi connectivity index (χ2v) is 7.28. The van der Waals surface area contributed by atoms with Crippen LogP contribution in [0.25, 0.3) is 22.5 Å². The fourth-order valence-corrected chi connectivity index (χ4v) is 3.12. The SMILES string of the molecule is CSc1nc(-c2cccc(-c3cc(C(F)(F)F)cc(N(C)C)n3)c2)c(C#N)c(=O)[nH]1. The maximum absolute atomic E-state index is 13.4. The number of H-pyrrole nitrogens is 1. The lowest BCUT2D eigenvalue weighted by Crippen LogP contribution is -2.15. The van der Waals surface area contributed by atoms with Gasteiger partial charge >= 0.3 is 6.18 Å². The second-order valence-electron chi connectivity index (χ2n) is 6.48. The van der Waals surface area contributed by atoms with Gasteiger partial charge in [0.05, 0.1) is 17.0 Å². The third-order valence-electron chi connectivity index (χ3n) is 4.23. The number of halogens is 3. The molecule has 0 saturated carbocycles. The minimum atomic E-state index is -4.53. The highest BCUT2D eigenvalue weighted by molar-refractivity contribution is 7.98. The Bertz CT molecular complexity index is 1200. The highest BCUT2D eigenvalue weighted by Gasteiger charge is 2.32. The molecule has 154 valence electrons. The fourth-order valence-electron chi connectivity index (χ4n) is 2.74. The molecule has 0 radical (unpaired) electrons. The van der Waals surface area contributed by atoms with Crippen LogP contribution in [0.2, 0.25) is 0 Å². The lowest BCUT2D eigenvalue weighted by molar-refractivity contribution is -0.137. The molecular weight excluding hydrogens is 415 g/mol. The Morgan fingerprint density at radius 2 is 1.83 bits per heavy atom. The Balaban J connectivity index is 2.21. The van der Waals surface area contributed by atoms with Crippen LogP contribution < -0.4 is 10.5 Å². The van der Waals surface area contributed by atoms with Crippen LogP contribution in [0, 0.1) is 11.3 Å². The Hall–Kier alpha value is -3.32. The number of nitriles is 1. The summed E-state index contributed by atoms with van der Waals surface area (Å²) in [4.78, 5) is 24.8. The Morgan fingerprint density at radius 1 is 1.13 bits per heavy atom. The molecule has 1 N–H and O–H groups in total. The van der Waals surface area contributed by atoms with Gasteiger partial charge in [-0.15, -0.1) is 0 Å². The molecule has 0 fully saturated rings. The smallest absolute Gasteiger partial charge is 0.363 e. The zero-order valence-corrected chi connectivity index (χ0v) is 17.0. The molecule has 0 amide bonds. The molecule has 30 heavy (non-hydrogen) atoms. The number of hydrogen-bond donors (Lipinski definition) is 1. The van der Waals surface area contributed by atoms with Crippen LogP contribution in [0.15, 0.2) is 46.3 Å². The number of pyridine rings is 1. The van der Waals surface area contributed by atoms with E-state index in [1.807, 2.05) is 6.07 Å². The van der Waals surface area contributed by atoms with Gasteiger partial charge in [-0.05, 0) is 24.5 Å². The van der Waals surface area contributed by atoms with Gasteiger partial charge in [-0.25, -0.2) is 9.97 Å². The van der Waals surface area contributed by atoms with E-state index in [0.717, 1.165) is 12.1 Å². The summed E-state index contributed by atoms with van der Waals surface area (Å²) in [6, 6.07) is 10.2. The summed E-state index contributed by atoms with van der Waals surface area (Å²) in [7, 11) is 3.21. The first-order chi connectivity index (χ1) is 14.1. The number of alkyl halides is 3. The van der Waals surface area contributed by atoms with E-state index in [9.17, 15) is 23.2 Å². The molecule has 0 aliphatic heterocycles. The molecule has 1 aromatic carbocycles. The molecule has 0 spiro atoms. The number of hydrogen-bond acceptors (Lipinski definition) is 6. The van der Waals surface area contributed by atoms with Gasteiger partial charge in [0, 0.05) is 25.2 Å². The van der Waals surface area contributed by atoms with Gasteiger partial charge < -0.3 is 9.88 Å². The first-order valence-electron chi connectivity index (χ1n) is 8.60. The molecule has 3 aromatic rings. The molecule has 10 heteroatoms. The number of aromatic amines is 1. The van der Waals surface area contributed by atoms with E-state index in [-0.39, 0.29) is 22.8 Å². The van der Waals surface area contributed by atoms with Crippen molar-refractivity contribution in [3.63, 3.8) is 0 Å². The third-order valence-corrected chi connectivity index (χ3v) is 4.81. The van der Waals surface area contributed by atoms with E-state index in [4.69, 9.17) is 0 Å². The molecule has 2 heterocycles. The van der Waals surface area contributed by atoms with Crippen LogP contribution in [-0.2, 0) is 6.18 Å². The summed E-state index contributed by atoms with van der Waals surface area (Å²) >= 11 is 1.20. The number of nitrogens with zero attached hydrogens (tertiary/aromatic N) is 4. The molecule has 0 unspecified atom stereocenters. The first kappa shape index (κ1) is 21.4. The number of anilines is 1. The maximum atomic E-state index is 13.4. The Morgan fingerprint density at radius 3 is 2.43 bits per heavy atom. The van der Waals surface area contributed by atoms with E-state index in [2.05, 4.69) is 15.0 Å². The summed E-state index contributed by atoms with van der Waals surface area (Å²) in [6.07, 6.45) is -2.81. The minimum absolute atomic E-state index is 0.115. The van der Waals surface area contributed by atoms with Gasteiger partial charge in [-0.1, -0.05) is 30.0 Å². The van der Waals surface area contributed by atoms with E-state index < -0.39 is 17.3 Å². The summed E-state index contributed by atoms with van der Waals surface area (Å²) in [5.74, 6) is 0.155. The van der Waals surface area contributed by atoms with Gasteiger partial charge in [0.2, 0.25) is 0 Å². The molecule has 6 nitrogen and oxygen atoms in total. The lowest BCUT2D eigenvalue weighted by Gasteiger charge is -2.16. The highest BCUT2D eigenvalue weighted by atomic mass is 32.2. The van der Waals surface area contributed by atoms with Crippen molar-refractivity contribution in [1.82, 2.24) is 15.0 Å². The number of nitrogens with one attached hydrogen (secondary N) is 1. The van der Waals surface area contributed by atoms with Crippen LogP contribution in [0.4, 0.5) is 19.0 Å². The summed E-state index contributed by atoms with van der Waals surface area (Å²) in [6.45, 7) is 0. The van der Waals surface area contributed by atoms with Gasteiger partial charge in [0.15, 0.2) is 5.16 Å². The van der Waals surface area contributed by atoms with E-state index in [1.54, 1.807) is 44.6 Å². The van der Waals surface area contributed by atoms with Crippen LogP contribution in [0.1, 0.15) is 11.1 Å². The van der Waals surface area contributed by atoms with E-state index >= 15 is 0 Å². The number of rotatable bonds is 4. The van der Waals surface area contributed by atoms with Gasteiger partial charge in [-0.2, -0.15) is 18.4 Å². The minimum Gasteiger partial charge on any atom is -0.363 e. The van der Waals surface area contributed by atoms with E-state index in [0.29, 0.717) is 16.3 Å². The Kier molecular flexibility index (Phi) is 5.85. The zero-order chi connectivity index (χ0) is 22.1. The highest BCUT2D eigenvalue weighted by Crippen LogP contribution is 2.34. The molecule has 0 bridgehead atoms. The van der Waals surface area contributed by atoms with Crippen molar-refractivity contribution in [3.8, 4) is 28.6 Å². The molecule has 3 rings (SSSR count). The molecular formula is C20H16F3N5OS.